The number of anilines is 3. The van der Waals surface area contributed by atoms with Crippen molar-refractivity contribution in [3.05, 3.63) is 223 Å². The van der Waals surface area contributed by atoms with E-state index in [1.807, 2.05) is 70.7 Å². The summed E-state index contributed by atoms with van der Waals surface area (Å²) in [5, 5.41) is 10.2. The van der Waals surface area contributed by atoms with Gasteiger partial charge in [0.2, 0.25) is 0 Å². The maximum atomic E-state index is 13.2. The molecule has 0 heterocycles. The lowest BCUT2D eigenvalue weighted by atomic mass is 9.48. The monoisotopic (exact) mass is 1860 g/mol. The first-order valence-electron chi connectivity index (χ1n) is 51.0. The molecule has 15 aliphatic rings. The molecule has 13 unspecified atom stereocenters. The van der Waals surface area contributed by atoms with Gasteiger partial charge in [-0.1, -0.05) is 118 Å². The minimum absolute atomic E-state index is 0.0245. The van der Waals surface area contributed by atoms with E-state index in [1.54, 1.807) is 27.7 Å². The lowest BCUT2D eigenvalue weighted by molar-refractivity contribution is -0.184. The molecule has 20 rings (SSSR count). The van der Waals surface area contributed by atoms with Crippen LogP contribution in [0.3, 0.4) is 0 Å². The van der Waals surface area contributed by atoms with Crippen molar-refractivity contribution in [1.29, 1.82) is 0 Å². The van der Waals surface area contributed by atoms with Gasteiger partial charge in [-0.3, -0.25) is 52.7 Å². The van der Waals surface area contributed by atoms with Gasteiger partial charge >= 0.3 is 23.9 Å². The number of fused-ring (bicyclic) bond motifs is 17. The van der Waals surface area contributed by atoms with E-state index >= 15 is 0 Å². The molecule has 0 spiro atoms. The maximum Gasteiger partial charge on any atom is 0.303 e. The normalized spacial score (nSPS) is 34.3. The zero-order valence-corrected chi connectivity index (χ0v) is 83.8. The van der Waals surface area contributed by atoms with Gasteiger partial charge in [-0.25, -0.2) is 0 Å². The molecule has 0 aliphatic heterocycles. The topological polar surface area (TPSA) is 277 Å². The first kappa shape index (κ1) is 97.9. The van der Waals surface area contributed by atoms with Crippen LogP contribution in [0.4, 0.5) is 17.1 Å². The van der Waals surface area contributed by atoms with Crippen LogP contribution in [0, 0.1) is 69.0 Å². The third-order valence-corrected chi connectivity index (χ3v) is 37.7. The second-order valence-corrected chi connectivity index (χ2v) is 44.7. The highest BCUT2D eigenvalue weighted by Gasteiger charge is 2.73. The number of nitrogens with two attached hydrogens (primary N) is 1. The number of hydrogen-bond donors (Lipinski definition) is 2. The average molecular weight is 1860 g/mol. The Hall–Kier alpha value is -10.7. The SMILES string of the molecule is CC(=O)O[C@]1(C(C)=O)CCC2C3CCC4=CC(=O)CCC4=C3C(c3ccc(N(C)C)cc3)C[C@@]21C.CC(=O)O[C@]1(C(C)=O)CCC2C3CCC4=CC(=O)CCC4=C3C(c3ccc(N)cc3)C[C@@]21C.CC(=O)O[C@]1(C(C)=O)CCC2C3CCc4cc(O)ccc4C3C(c3ccc(N(C)C)cc3)C[C@@]21C.CCc1ccc(C2C[C@@]3(C)C(CC[C@]3(OC(C)=O)C(C)=O)C3CCC4=CC(=O)CCC4=C23)cc1. The summed E-state index contributed by atoms with van der Waals surface area (Å²) < 4.78 is 24.0. The van der Waals surface area contributed by atoms with E-state index in [0.29, 0.717) is 92.1 Å². The zero-order valence-electron chi connectivity index (χ0n) is 83.8. The summed E-state index contributed by atoms with van der Waals surface area (Å²) >= 11 is 0. The minimum atomic E-state index is -1.08. The van der Waals surface area contributed by atoms with Gasteiger partial charge in [-0.2, -0.15) is 0 Å². The molecule has 726 valence electrons. The highest BCUT2D eigenvalue weighted by atomic mass is 16.6. The summed E-state index contributed by atoms with van der Waals surface area (Å²) in [4.78, 5) is 142. The van der Waals surface area contributed by atoms with Crippen molar-refractivity contribution in [2.75, 3.05) is 43.7 Å². The minimum Gasteiger partial charge on any atom is -0.508 e. The van der Waals surface area contributed by atoms with E-state index in [9.17, 15) is 57.8 Å². The summed E-state index contributed by atoms with van der Waals surface area (Å²) in [7, 11) is 8.16. The number of carbonyl (C=O) groups excluding carboxylic acids is 11. The number of carbonyl (C=O) groups is 11. The number of aromatic hydroxyl groups is 1. The molecule has 19 nitrogen and oxygen atoms in total. The van der Waals surface area contributed by atoms with Crippen molar-refractivity contribution < 1.29 is 76.8 Å². The Morgan fingerprint density at radius 2 is 0.693 bits per heavy atom. The highest BCUT2D eigenvalue weighted by molar-refractivity contribution is 5.96. The Balaban J connectivity index is 0.000000127. The Morgan fingerprint density at radius 1 is 0.372 bits per heavy atom. The van der Waals surface area contributed by atoms with Gasteiger partial charge in [-0.05, 0) is 380 Å². The number of ketones is 7. The molecule has 8 saturated carbocycles. The number of nitrogens with zero attached hydrogens (tertiary/aromatic N) is 2. The summed E-state index contributed by atoms with van der Waals surface area (Å²) in [6, 6.07) is 40.4. The Morgan fingerprint density at radius 3 is 1.02 bits per heavy atom. The number of nitrogen functional groups attached to an aromatic ring is 1. The fraction of sp³-hybridized carbons (Fsp3) is 0.551. The predicted molar refractivity (Wildman–Crippen MR) is 531 cm³/mol. The number of hydrogen-bond acceptors (Lipinski definition) is 19. The molecule has 5 aromatic carbocycles. The number of Topliss-reactive ketones (excluding diaryl/α,β-unsaturated/α-hetero) is 4. The number of phenolic OH excluding ortho intramolecular Hbond substituents is 1. The maximum absolute atomic E-state index is 13.2. The molecule has 19 heteroatoms. The molecule has 0 radical (unpaired) electrons. The largest absolute Gasteiger partial charge is 0.508 e. The van der Waals surface area contributed by atoms with Gasteiger partial charge in [0.25, 0.3) is 0 Å². The molecule has 137 heavy (non-hydrogen) atoms. The molecular formula is C118H143N3O16. The van der Waals surface area contributed by atoms with Gasteiger partial charge in [0.15, 0.2) is 62.9 Å². The van der Waals surface area contributed by atoms with Crippen LogP contribution in [0.2, 0.25) is 0 Å². The van der Waals surface area contributed by atoms with Gasteiger partial charge < -0.3 is 39.6 Å². The van der Waals surface area contributed by atoms with Crippen LogP contribution in [0.1, 0.15) is 319 Å². The first-order chi connectivity index (χ1) is 65.0. The Bertz CT molecular complexity index is 5940. The molecule has 5 aromatic rings. The van der Waals surface area contributed by atoms with Crippen LogP contribution in [-0.2, 0) is 84.5 Å². The summed E-state index contributed by atoms with van der Waals surface area (Å²) in [6.45, 7) is 23.0. The quantitative estimate of drug-likeness (QED) is 0.0560. The van der Waals surface area contributed by atoms with E-state index in [4.69, 9.17) is 24.7 Å². The fourth-order valence-corrected chi connectivity index (χ4v) is 31.8. The number of esters is 4. The molecule has 0 saturated heterocycles. The predicted octanol–water partition coefficient (Wildman–Crippen LogP) is 22.2. The molecule has 15 aliphatic carbocycles. The van der Waals surface area contributed by atoms with Crippen LogP contribution < -0.4 is 15.5 Å². The van der Waals surface area contributed by atoms with E-state index < -0.39 is 44.1 Å². The van der Waals surface area contributed by atoms with Crippen LogP contribution in [0.5, 0.6) is 5.75 Å². The van der Waals surface area contributed by atoms with Crippen molar-refractivity contribution in [3.8, 4) is 5.75 Å². The second kappa shape index (κ2) is 37.1. The van der Waals surface area contributed by atoms with Crippen LogP contribution in [-0.4, -0.2) is 120 Å². The van der Waals surface area contributed by atoms with E-state index in [2.05, 4.69) is 135 Å². The van der Waals surface area contributed by atoms with Gasteiger partial charge in [-0.15, -0.1) is 0 Å². The third kappa shape index (κ3) is 16.5. The lowest BCUT2D eigenvalue weighted by Gasteiger charge is -2.56. The zero-order chi connectivity index (χ0) is 98.0. The standard InChI is InChI=1S/2C30H37NO4.C30H36O4.C28H33NO4/c2*1-18(32)30(35-19(2)33)15-14-27-25-12-8-21-16-23(34)11-13-24(21)28(25)26(17-29(27,30)3)20-6-9-22(10-7-20)31(4)5;1-5-20-6-8-21(9-7-20)26-17-29(4)27(14-15-30(29,18(2)31)34-19(3)32)25-12-10-22-16-23(33)11-13-24(22)28(25)26;1-16(30)28(33-17(2)31)13-12-25-23-10-6-19-14-21(32)9-11-22(19)26(23)24(15-27(25,28)3)18-4-7-20(29)8-5-18/h6-7,9-10,16,25-27H,8,11-15,17H2,1-5H3;6-7,9-11,13,16,25-28,34H,8,12,14-15,17H2,1-5H3;6-9,16,25-27H,5,10-15,17H2,1-4H3;4-5,7-8,14,23-25H,6,9-13,15,29H2,1-3H3/t25?,26?,27?,29-,30-;25?,26?,27?,28?,29-,30-;25?,26?,27?,29-,30-;23?,24?,25?,27-,28-/m0000/s1. The van der Waals surface area contributed by atoms with Crippen LogP contribution >= 0.6 is 0 Å². The summed E-state index contributed by atoms with van der Waals surface area (Å²) in [6.07, 6.45) is 27.4. The highest BCUT2D eigenvalue weighted by Crippen LogP contribution is 2.74. The third-order valence-electron chi connectivity index (χ3n) is 37.7. The molecule has 0 aromatic heterocycles. The van der Waals surface area contributed by atoms with Crippen LogP contribution in [0.15, 0.2) is 184 Å². The van der Waals surface area contributed by atoms with Gasteiger partial charge in [0.05, 0.1) is 0 Å². The smallest absolute Gasteiger partial charge is 0.303 e. The molecule has 0 bridgehead atoms. The van der Waals surface area contributed by atoms with Crippen molar-refractivity contribution >= 4 is 81.4 Å². The number of rotatable bonds is 15. The molecular weight excluding hydrogens is 1720 g/mol. The van der Waals surface area contributed by atoms with Crippen molar-refractivity contribution in [1.82, 2.24) is 0 Å². The lowest BCUT2D eigenvalue weighted by Crippen LogP contribution is -2.57. The van der Waals surface area contributed by atoms with Crippen LogP contribution in [0.25, 0.3) is 0 Å². The average Bonchev–Trinajstić information content (AvgIpc) is 1.58. The van der Waals surface area contributed by atoms with Crippen molar-refractivity contribution in [2.45, 2.75) is 315 Å². The number of aryl methyl sites for hydroxylation is 2. The first-order valence-corrected chi connectivity index (χ1v) is 51.0. The Labute approximate surface area is 809 Å². The molecule has 8 fully saturated rings. The Kier molecular flexibility index (Phi) is 26.6. The van der Waals surface area contributed by atoms with E-state index in [0.717, 1.165) is 145 Å². The number of allylic oxidation sites excluding steroid dienone is 12. The fourth-order valence-electron chi connectivity index (χ4n) is 31.8. The van der Waals surface area contributed by atoms with Gasteiger partial charge in [0, 0.05) is 132 Å². The van der Waals surface area contributed by atoms with E-state index in [1.165, 1.54) is 117 Å². The van der Waals surface area contributed by atoms with Crippen molar-refractivity contribution in [3.63, 3.8) is 0 Å². The molecule has 0 amide bonds. The molecule has 3 N–H and O–H groups in total. The number of phenols is 1. The second-order valence-electron chi connectivity index (χ2n) is 44.7. The van der Waals surface area contributed by atoms with Crippen molar-refractivity contribution in [2.24, 2.45) is 69.0 Å². The number of benzene rings is 5. The summed E-state index contributed by atoms with van der Waals surface area (Å²) in [5.74, 6) is 2.84. The number of ether oxygens (including phenoxy) is 4. The van der Waals surface area contributed by atoms with E-state index in [-0.39, 0.29) is 99.9 Å². The van der Waals surface area contributed by atoms with Gasteiger partial charge in [0.1, 0.15) is 5.75 Å². The summed E-state index contributed by atoms with van der Waals surface area (Å²) in [5.41, 5.74) is 24.1. The molecule has 21 atom stereocenters.